The van der Waals surface area contributed by atoms with E-state index in [1.54, 1.807) is 18.2 Å². The summed E-state index contributed by atoms with van der Waals surface area (Å²) in [6, 6.07) is 18.5. The van der Waals surface area contributed by atoms with Gasteiger partial charge >= 0.3 is 13.1 Å². The van der Waals surface area contributed by atoms with Crippen molar-refractivity contribution in [2.24, 2.45) is 22.9 Å². The number of ether oxygens (including phenoxy) is 4. The fourth-order valence-electron chi connectivity index (χ4n) is 12.3. The van der Waals surface area contributed by atoms with Crippen molar-refractivity contribution in [2.45, 2.75) is 94.7 Å². The summed E-state index contributed by atoms with van der Waals surface area (Å²) >= 11 is 7.82. The van der Waals surface area contributed by atoms with Crippen LogP contribution in [0.15, 0.2) is 79.0 Å². The summed E-state index contributed by atoms with van der Waals surface area (Å²) in [5, 5.41) is 50.0. The number of pyridine rings is 1. The van der Waals surface area contributed by atoms with Crippen molar-refractivity contribution in [3.63, 3.8) is 0 Å². The largest absolute Gasteiger partial charge is 0.484 e. The minimum absolute atomic E-state index is 0.0178. The first-order valence-electron chi connectivity index (χ1n) is 36.3. The van der Waals surface area contributed by atoms with Gasteiger partial charge in [-0.1, -0.05) is 24.3 Å². The highest BCUT2D eigenvalue weighted by Gasteiger charge is 2.37. The van der Waals surface area contributed by atoms with Crippen molar-refractivity contribution in [1.82, 2.24) is 61.4 Å². The summed E-state index contributed by atoms with van der Waals surface area (Å²) in [5.41, 5.74) is 25.7. The maximum Gasteiger partial charge on any atom is 0.475 e. The molecule has 38 heteroatoms. The molecule has 2 aliphatic heterocycles. The number of benzene rings is 3. The number of carboxylic acids is 1. The van der Waals surface area contributed by atoms with Crippen LogP contribution >= 0.6 is 34.8 Å². The SMILES string of the molecule is NC(=O)CN1CCN(CC(N)=O)CCN(CC(N)=O)C(Cc2ccc(NC(=S)NCCCC[C@H](NC(=O)CCOCCOCCOCCNC(=O)COc3ccc4c(C(=O)NCC(=O)N5CCC[C@H]5B(O)O)ccnc4c3)C(=O)N[C@@H](CCCCNC(=O)Cc3ccc(I)cc3)C(=O)O)cc2)CN(CC(N)=O)CC1. The zero-order valence-corrected chi connectivity index (χ0v) is 64.2. The Bertz CT molecular complexity index is 3650. The quantitative estimate of drug-likeness (QED) is 0.00928. The molecule has 596 valence electrons. The van der Waals surface area contributed by atoms with Crippen LogP contribution in [0, 0.1) is 3.57 Å². The van der Waals surface area contributed by atoms with Gasteiger partial charge in [-0.15, -0.1) is 0 Å². The molecule has 2 saturated heterocycles. The lowest BCUT2D eigenvalue weighted by molar-refractivity contribution is -0.142. The Morgan fingerprint density at radius 3 is 1.84 bits per heavy atom. The number of fused-ring (bicyclic) bond motifs is 1. The van der Waals surface area contributed by atoms with E-state index in [1.807, 2.05) is 68.1 Å². The molecule has 3 aromatic carbocycles. The van der Waals surface area contributed by atoms with E-state index in [4.69, 9.17) is 54.1 Å². The Morgan fingerprint density at radius 2 is 1.20 bits per heavy atom. The number of rotatable bonds is 46. The Morgan fingerprint density at radius 1 is 0.615 bits per heavy atom. The molecule has 0 aliphatic carbocycles. The first-order valence-corrected chi connectivity index (χ1v) is 37.7. The molecule has 6 rings (SSSR count). The number of amides is 10. The zero-order valence-electron chi connectivity index (χ0n) is 61.2. The summed E-state index contributed by atoms with van der Waals surface area (Å²) in [4.78, 5) is 153. The lowest BCUT2D eigenvalue weighted by atomic mass is 9.78. The van der Waals surface area contributed by atoms with Gasteiger partial charge in [0.2, 0.25) is 47.3 Å². The van der Waals surface area contributed by atoms with Gasteiger partial charge < -0.3 is 99.2 Å². The second-order valence-electron chi connectivity index (χ2n) is 26.4. The first kappa shape index (κ1) is 89.1. The molecular formula is C71H103BIN17O18S. The molecule has 109 heavy (non-hydrogen) atoms. The van der Waals surface area contributed by atoms with Crippen molar-refractivity contribution in [2.75, 3.05) is 156 Å². The number of likely N-dealkylation sites (tertiary alicyclic amines) is 1. The third-order valence-electron chi connectivity index (χ3n) is 17.8. The number of anilines is 1. The highest BCUT2D eigenvalue weighted by Crippen LogP contribution is 2.24. The van der Waals surface area contributed by atoms with Crippen LogP contribution in [0.1, 0.15) is 79.3 Å². The Balaban J connectivity index is 0.916. The molecule has 4 aromatic rings. The van der Waals surface area contributed by atoms with E-state index in [1.165, 1.54) is 17.2 Å². The van der Waals surface area contributed by atoms with E-state index < -0.39 is 84.3 Å². The number of carbonyl (C=O) groups is 11. The number of hydrogen-bond acceptors (Lipinski definition) is 23. The van der Waals surface area contributed by atoms with Gasteiger partial charge in [-0.2, -0.15) is 0 Å². The number of halogens is 1. The maximum atomic E-state index is 13.9. The molecule has 35 nitrogen and oxygen atoms in total. The molecule has 0 saturated carbocycles. The number of nitrogens with one attached hydrogen (secondary N) is 7. The van der Waals surface area contributed by atoms with Crippen LogP contribution < -0.4 is 64.9 Å². The van der Waals surface area contributed by atoms with Crippen LogP contribution in [0.3, 0.4) is 0 Å². The first-order chi connectivity index (χ1) is 52.3. The van der Waals surface area contributed by atoms with Crippen molar-refractivity contribution in [3.8, 4) is 5.75 Å². The Kier molecular flexibility index (Phi) is 39.7. The second-order valence-corrected chi connectivity index (χ2v) is 28.0. The number of aromatic nitrogens is 1. The third-order valence-corrected chi connectivity index (χ3v) is 18.8. The zero-order chi connectivity index (χ0) is 79.0. The highest BCUT2D eigenvalue weighted by atomic mass is 127. The smallest absolute Gasteiger partial charge is 0.475 e. The average molecular weight is 1650 g/mol. The lowest BCUT2D eigenvalue weighted by Crippen LogP contribution is -2.54. The van der Waals surface area contributed by atoms with E-state index in [0.717, 1.165) is 14.7 Å². The van der Waals surface area contributed by atoms with Crippen LogP contribution in [0.4, 0.5) is 5.69 Å². The second kappa shape index (κ2) is 48.6. The molecule has 2 aliphatic rings. The molecule has 1 aromatic heterocycles. The fourth-order valence-corrected chi connectivity index (χ4v) is 12.9. The predicted octanol–water partition coefficient (Wildman–Crippen LogP) is -2.68. The lowest BCUT2D eigenvalue weighted by Gasteiger charge is -2.38. The Labute approximate surface area is 652 Å². The monoisotopic (exact) mass is 1650 g/mol. The molecule has 1 unspecified atom stereocenters. The number of carboxylic acid groups (broad SMARTS) is 1. The number of thiocarbonyl (C=S) groups is 1. The summed E-state index contributed by atoms with van der Waals surface area (Å²) < 4.78 is 23.5. The maximum absolute atomic E-state index is 13.9. The van der Waals surface area contributed by atoms with E-state index in [0.29, 0.717) is 131 Å². The van der Waals surface area contributed by atoms with Gasteiger partial charge in [-0.05, 0) is 146 Å². The van der Waals surface area contributed by atoms with Crippen LogP contribution in [0.2, 0.25) is 0 Å². The molecule has 10 amide bonds. The van der Waals surface area contributed by atoms with Gasteiger partial charge in [0.1, 0.15) is 17.8 Å². The number of aliphatic carboxylic acids is 1. The van der Waals surface area contributed by atoms with Crippen LogP contribution in [0.5, 0.6) is 5.75 Å². The van der Waals surface area contributed by atoms with Gasteiger partial charge in [0, 0.05) is 111 Å². The van der Waals surface area contributed by atoms with E-state index in [9.17, 15) is 67.9 Å². The van der Waals surface area contributed by atoms with Crippen LogP contribution in [-0.2, 0) is 75.0 Å². The fraction of sp³-hybridized carbons (Fsp3) is 0.535. The minimum atomic E-state index is -1.67. The number of nitrogens with two attached hydrogens (primary N) is 4. The van der Waals surface area contributed by atoms with Gasteiger partial charge in [0.25, 0.3) is 11.8 Å². The standard InChI is InChI=1S/C71H103BIN17O18S/c73-50-13-9-49(10-14-50)39-65(96)79-21-3-2-7-57(70(101)102)85-69(100)56(6-1-4-22-81-71(109)83-51-15-11-48(12-16-51)38-52-42-88(45-62(76)93)29-28-86(43-60(74)91)26-27-87(44-61(75)92)30-31-89(52)46-63(77)94)84-64(95)20-32-105-34-36-107-37-35-106-33-24-80-66(97)47-108-53-17-18-54-55(19-23-78-58(54)40-53)68(99)82-41-67(98)90-25-5-8-59(90)72(103)104/h9-19,23,40,52,56-57,59,103-104H,1-8,20-22,24-39,41-47H2,(H2,74,91)(H2,75,92)(H2,76,93)(H2,77,94)(H,79,96)(H,80,97)(H,82,99)(H,84,95)(H,85,100)(H,101,102)(H2,81,83,109)/t52?,56-,57-,59-/m0/s1. The highest BCUT2D eigenvalue weighted by molar-refractivity contribution is 14.1. The molecule has 18 N–H and O–H groups in total. The number of primary amides is 4. The number of nitrogens with zero attached hydrogens (tertiary/aromatic N) is 6. The normalized spacial score (nSPS) is 15.9. The van der Waals surface area contributed by atoms with Gasteiger partial charge in [0.05, 0.1) is 95.8 Å². The van der Waals surface area contributed by atoms with Crippen molar-refractivity contribution in [1.29, 1.82) is 0 Å². The molecule has 0 radical (unpaired) electrons. The summed E-state index contributed by atoms with van der Waals surface area (Å²) in [6.07, 6.45) is 4.89. The van der Waals surface area contributed by atoms with Crippen molar-refractivity contribution in [3.05, 3.63) is 99.3 Å². The number of carbonyl (C=O) groups excluding carboxylic acids is 10. The van der Waals surface area contributed by atoms with E-state index >= 15 is 0 Å². The van der Waals surface area contributed by atoms with Crippen LogP contribution in [0.25, 0.3) is 10.9 Å². The number of hydrogen-bond donors (Lipinski definition) is 14. The van der Waals surface area contributed by atoms with Crippen molar-refractivity contribution >= 4 is 129 Å². The van der Waals surface area contributed by atoms with E-state index in [2.05, 4.69) is 64.8 Å². The van der Waals surface area contributed by atoms with E-state index in [-0.39, 0.29) is 135 Å². The third kappa shape index (κ3) is 34.7. The van der Waals surface area contributed by atoms with Gasteiger partial charge in [-0.3, -0.25) is 72.5 Å². The van der Waals surface area contributed by atoms with Gasteiger partial charge in [0.15, 0.2) is 11.7 Å². The topological polar surface area (TPSA) is 503 Å². The summed E-state index contributed by atoms with van der Waals surface area (Å²) in [5.74, 6) is -6.61. The van der Waals surface area contributed by atoms with Gasteiger partial charge in [-0.25, -0.2) is 4.79 Å². The molecule has 4 atom stereocenters. The van der Waals surface area contributed by atoms with Crippen LogP contribution in [-0.4, -0.2) is 297 Å². The summed E-state index contributed by atoms with van der Waals surface area (Å²) in [6.45, 7) is 3.47. The molecular weight excluding hydrogens is 1550 g/mol. The molecule has 0 bridgehead atoms. The Hall–Kier alpha value is -8.84. The van der Waals surface area contributed by atoms with Crippen molar-refractivity contribution < 1.29 is 86.8 Å². The summed E-state index contributed by atoms with van der Waals surface area (Å²) in [7, 11) is -1.67. The minimum Gasteiger partial charge on any atom is -0.484 e. The average Bonchev–Trinajstić information content (AvgIpc) is 0.893. The number of unbranched alkanes of at least 4 members (excludes halogenated alkanes) is 2. The predicted molar refractivity (Wildman–Crippen MR) is 415 cm³/mol. The molecule has 0 spiro atoms. The molecule has 3 heterocycles. The molecule has 2 fully saturated rings.